The van der Waals surface area contributed by atoms with Gasteiger partial charge < -0.3 is 9.97 Å². The van der Waals surface area contributed by atoms with Crippen molar-refractivity contribution in [2.24, 2.45) is 0 Å². The van der Waals surface area contributed by atoms with E-state index in [1.807, 2.05) is 66.7 Å². The van der Waals surface area contributed by atoms with Gasteiger partial charge in [-0.1, -0.05) is 55.6 Å². The molecule has 2 heterocycles. The normalized spacial score (nSPS) is 11.4. The van der Waals surface area contributed by atoms with E-state index in [1.54, 1.807) is 0 Å². The van der Waals surface area contributed by atoms with Crippen molar-refractivity contribution in [1.82, 2.24) is 9.97 Å². The van der Waals surface area contributed by atoms with Crippen molar-refractivity contribution in [3.05, 3.63) is 109 Å². The fraction of sp³-hybridized carbons (Fsp3) is 0. The Morgan fingerprint density at radius 2 is 1.21 bits per heavy atom. The summed E-state index contributed by atoms with van der Waals surface area (Å²) in [5, 5.41) is 4.02. The lowest BCUT2D eigenvalue weighted by atomic mass is 9.91. The van der Waals surface area contributed by atoms with Gasteiger partial charge in [0.25, 0.3) is 0 Å². The lowest BCUT2D eigenvalue weighted by Crippen LogP contribution is -2.01. The number of fused-ring (bicyclic) bond motifs is 6. The molecule has 4 heteroatoms. The highest BCUT2D eigenvalue weighted by Crippen LogP contribution is 2.39. The Bertz CT molecular complexity index is 1830. The smallest absolute Gasteiger partial charge is 0.187 e. The highest BCUT2D eigenvalue weighted by molar-refractivity contribution is 6.23. The van der Waals surface area contributed by atoms with E-state index < -0.39 is 0 Å². The second-order valence-corrected chi connectivity index (χ2v) is 8.33. The third-order valence-corrected chi connectivity index (χ3v) is 6.49. The third kappa shape index (κ3) is 2.79. The number of hydrogen-bond donors (Lipinski definition) is 2. The molecule has 0 bridgehead atoms. The molecule has 0 saturated carbocycles. The summed E-state index contributed by atoms with van der Waals surface area (Å²) in [4.78, 5) is 32.8. The van der Waals surface area contributed by atoms with Crippen LogP contribution < -0.4 is 0 Å². The number of aromatic nitrogens is 2. The number of rotatable bonds is 5. The molecule has 0 radical (unpaired) electrons. The predicted octanol–water partition coefficient (Wildman–Crippen LogP) is 7.36. The van der Waals surface area contributed by atoms with Crippen molar-refractivity contribution in [3.8, 4) is 11.1 Å². The number of para-hydroxylation sites is 2. The van der Waals surface area contributed by atoms with Crippen LogP contribution in [0.2, 0.25) is 0 Å². The van der Waals surface area contributed by atoms with Gasteiger partial charge >= 0.3 is 0 Å². The van der Waals surface area contributed by atoms with E-state index in [4.69, 9.17) is 0 Å². The number of carbonyl (C=O) groups is 2. The van der Waals surface area contributed by atoms with Crippen LogP contribution in [0.15, 0.2) is 98.1 Å². The molecule has 0 aliphatic carbocycles. The zero-order chi connectivity index (χ0) is 23.4. The average molecular weight is 441 g/mol. The van der Waals surface area contributed by atoms with Crippen LogP contribution in [0.4, 0.5) is 0 Å². The van der Waals surface area contributed by atoms with Gasteiger partial charge in [0.2, 0.25) is 0 Å². The van der Waals surface area contributed by atoms with Gasteiger partial charge in [0.1, 0.15) is 0 Å². The Hall–Kier alpha value is -4.70. The first-order valence-electron chi connectivity index (χ1n) is 11.0. The van der Waals surface area contributed by atoms with Crippen LogP contribution in [0.25, 0.3) is 54.7 Å². The molecule has 4 nitrogen and oxygen atoms in total. The van der Waals surface area contributed by atoms with Gasteiger partial charge in [0, 0.05) is 49.3 Å². The van der Waals surface area contributed by atoms with Crippen molar-refractivity contribution in [1.29, 1.82) is 0 Å². The second kappa shape index (κ2) is 7.42. The van der Waals surface area contributed by atoms with Gasteiger partial charge in [0.05, 0.1) is 11.0 Å². The maximum Gasteiger partial charge on any atom is 0.187 e. The summed E-state index contributed by atoms with van der Waals surface area (Å²) >= 11 is 0. The number of ketones is 2. The van der Waals surface area contributed by atoms with E-state index in [0.29, 0.717) is 11.1 Å². The van der Waals surface area contributed by atoms with Crippen molar-refractivity contribution in [3.63, 3.8) is 0 Å². The number of carbonyl (C=O) groups excluding carboxylic acids is 2. The molecule has 0 spiro atoms. The first kappa shape index (κ1) is 19.9. The number of nitrogens with one attached hydrogen (secondary N) is 2. The molecule has 34 heavy (non-hydrogen) atoms. The standard InChI is InChI=1S/C30H20N2O2/c1-3-26(33)21-14-13-20-18-9-5-7-11-24(18)32-30(20)28(21)17-15-22-19-10-6-8-12-25(19)31-29(22)23(16-17)27(34)4-2/h3-16,31-32H,1-2H2. The van der Waals surface area contributed by atoms with Crippen LogP contribution in [0, 0.1) is 0 Å². The highest BCUT2D eigenvalue weighted by Gasteiger charge is 2.21. The van der Waals surface area contributed by atoms with Gasteiger partial charge in [0.15, 0.2) is 11.6 Å². The molecular formula is C30H20N2O2. The van der Waals surface area contributed by atoms with E-state index in [1.165, 1.54) is 12.2 Å². The summed E-state index contributed by atoms with van der Waals surface area (Å²) < 4.78 is 0. The van der Waals surface area contributed by atoms with Crippen LogP contribution in [-0.4, -0.2) is 21.5 Å². The zero-order valence-electron chi connectivity index (χ0n) is 18.3. The Kier molecular flexibility index (Phi) is 4.36. The van der Waals surface area contributed by atoms with E-state index in [0.717, 1.165) is 54.7 Å². The SMILES string of the molecule is C=CC(=O)c1ccc2c([nH]c3ccccc32)c1-c1cc(C(=O)C=C)c2[nH]c3ccccc3c2c1. The molecule has 162 valence electrons. The maximum atomic E-state index is 12.9. The summed E-state index contributed by atoms with van der Waals surface area (Å²) in [7, 11) is 0. The number of H-pyrrole nitrogens is 2. The Morgan fingerprint density at radius 3 is 1.88 bits per heavy atom. The molecule has 4 aromatic carbocycles. The van der Waals surface area contributed by atoms with Gasteiger partial charge in [-0.05, 0) is 48.0 Å². The molecule has 2 N–H and O–H groups in total. The second-order valence-electron chi connectivity index (χ2n) is 8.33. The first-order valence-corrected chi connectivity index (χ1v) is 11.0. The van der Waals surface area contributed by atoms with E-state index >= 15 is 0 Å². The van der Waals surface area contributed by atoms with Crippen LogP contribution in [-0.2, 0) is 0 Å². The van der Waals surface area contributed by atoms with E-state index in [9.17, 15) is 9.59 Å². The molecular weight excluding hydrogens is 420 g/mol. The Morgan fingerprint density at radius 1 is 0.618 bits per heavy atom. The number of benzene rings is 4. The molecule has 0 unspecified atom stereocenters. The molecule has 0 fully saturated rings. The molecule has 6 aromatic rings. The number of allylic oxidation sites excluding steroid dienone is 2. The van der Waals surface area contributed by atoms with Crippen LogP contribution in [0.5, 0.6) is 0 Å². The average Bonchev–Trinajstić information content (AvgIpc) is 3.45. The lowest BCUT2D eigenvalue weighted by Gasteiger charge is -2.12. The molecule has 0 atom stereocenters. The van der Waals surface area contributed by atoms with Crippen molar-refractivity contribution >= 4 is 55.2 Å². The third-order valence-electron chi connectivity index (χ3n) is 6.49. The monoisotopic (exact) mass is 440 g/mol. The summed E-state index contributed by atoms with van der Waals surface area (Å²) in [5.41, 5.74) is 6.12. The largest absolute Gasteiger partial charge is 0.354 e. The van der Waals surface area contributed by atoms with Gasteiger partial charge in [-0.3, -0.25) is 9.59 Å². The van der Waals surface area contributed by atoms with Crippen LogP contribution in [0.1, 0.15) is 20.7 Å². The molecule has 6 rings (SSSR count). The minimum Gasteiger partial charge on any atom is -0.354 e. The van der Waals surface area contributed by atoms with Crippen molar-refractivity contribution in [2.75, 3.05) is 0 Å². The van der Waals surface area contributed by atoms with Crippen molar-refractivity contribution < 1.29 is 9.59 Å². The first-order chi connectivity index (χ1) is 16.6. The summed E-state index contributed by atoms with van der Waals surface area (Å²) in [6.07, 6.45) is 2.65. The zero-order valence-corrected chi connectivity index (χ0v) is 18.3. The van der Waals surface area contributed by atoms with Crippen molar-refractivity contribution in [2.45, 2.75) is 0 Å². The van der Waals surface area contributed by atoms with Crippen LogP contribution in [0.3, 0.4) is 0 Å². The molecule has 0 aliphatic heterocycles. The van der Waals surface area contributed by atoms with Crippen LogP contribution >= 0.6 is 0 Å². The summed E-state index contributed by atoms with van der Waals surface area (Å²) in [5.74, 6) is -0.356. The predicted molar refractivity (Wildman–Crippen MR) is 140 cm³/mol. The van der Waals surface area contributed by atoms with Gasteiger partial charge in [-0.2, -0.15) is 0 Å². The molecule has 0 aliphatic rings. The fourth-order valence-corrected chi connectivity index (χ4v) is 4.93. The molecule has 2 aromatic heterocycles. The lowest BCUT2D eigenvalue weighted by molar-refractivity contribution is 0.104. The summed E-state index contributed by atoms with van der Waals surface area (Å²) in [6.45, 7) is 7.41. The minimum atomic E-state index is -0.182. The quantitative estimate of drug-likeness (QED) is 0.217. The van der Waals surface area contributed by atoms with Gasteiger partial charge in [-0.15, -0.1) is 0 Å². The van der Waals surface area contributed by atoms with E-state index in [2.05, 4.69) is 29.2 Å². The maximum absolute atomic E-state index is 12.9. The molecule has 0 saturated heterocycles. The highest BCUT2D eigenvalue weighted by atomic mass is 16.1. The number of aromatic amines is 2. The van der Waals surface area contributed by atoms with E-state index in [-0.39, 0.29) is 11.6 Å². The fourth-order valence-electron chi connectivity index (χ4n) is 4.93. The minimum absolute atomic E-state index is 0.175. The topological polar surface area (TPSA) is 65.7 Å². The Labute approximate surface area is 195 Å². The molecule has 0 amide bonds. The summed E-state index contributed by atoms with van der Waals surface area (Å²) in [6, 6.07) is 23.7. The van der Waals surface area contributed by atoms with Gasteiger partial charge in [-0.25, -0.2) is 0 Å². The Balaban J connectivity index is 1.80. The number of hydrogen-bond acceptors (Lipinski definition) is 2.